The Morgan fingerprint density at radius 3 is 2.23 bits per heavy atom. The van der Waals surface area contributed by atoms with E-state index in [-0.39, 0.29) is 0 Å². The zero-order valence-corrected chi connectivity index (χ0v) is 12.9. The average Bonchev–Trinajstić information content (AvgIpc) is 2.61. The quantitative estimate of drug-likeness (QED) is 0.759. The van der Waals surface area contributed by atoms with Gasteiger partial charge in [0.15, 0.2) is 0 Å². The van der Waals surface area contributed by atoms with Crippen LogP contribution in [-0.4, -0.2) is 61.0 Å². The van der Waals surface area contributed by atoms with Gasteiger partial charge in [0.2, 0.25) is 11.9 Å². The van der Waals surface area contributed by atoms with Crippen molar-refractivity contribution in [3.63, 3.8) is 0 Å². The number of rotatable bonds is 5. The third kappa shape index (κ3) is 3.65. The van der Waals surface area contributed by atoms with Gasteiger partial charge in [-0.1, -0.05) is 12.7 Å². The lowest BCUT2D eigenvalue weighted by molar-refractivity contribution is 0.122. The third-order valence-electron chi connectivity index (χ3n) is 3.85. The molecule has 2 fully saturated rings. The molecule has 0 saturated carbocycles. The van der Waals surface area contributed by atoms with Crippen LogP contribution in [0.3, 0.4) is 0 Å². The highest BCUT2D eigenvalue weighted by Gasteiger charge is 2.20. The average molecular weight is 305 g/mol. The van der Waals surface area contributed by atoms with Crippen LogP contribution >= 0.6 is 0 Å². The molecule has 3 heterocycles. The molecule has 0 radical (unpaired) electrons. The second kappa shape index (κ2) is 7.40. The Morgan fingerprint density at radius 2 is 1.59 bits per heavy atom. The van der Waals surface area contributed by atoms with Crippen molar-refractivity contribution in [3.8, 4) is 6.01 Å². The molecule has 0 N–H and O–H groups in total. The van der Waals surface area contributed by atoms with Gasteiger partial charge >= 0.3 is 6.01 Å². The van der Waals surface area contributed by atoms with Crippen molar-refractivity contribution < 1.29 is 9.47 Å². The molecule has 0 atom stereocenters. The minimum absolute atomic E-state index is 0.372. The number of hydrogen-bond acceptors (Lipinski definition) is 7. The summed E-state index contributed by atoms with van der Waals surface area (Å²) in [6.07, 6.45) is 5.33. The van der Waals surface area contributed by atoms with E-state index >= 15 is 0 Å². The van der Waals surface area contributed by atoms with Gasteiger partial charge in [0, 0.05) is 26.2 Å². The highest BCUT2D eigenvalue weighted by Crippen LogP contribution is 2.21. The Kier molecular flexibility index (Phi) is 5.05. The van der Waals surface area contributed by atoms with Crippen molar-refractivity contribution in [2.75, 3.05) is 55.8 Å². The van der Waals surface area contributed by atoms with Crippen LogP contribution in [0, 0.1) is 0 Å². The van der Waals surface area contributed by atoms with Gasteiger partial charge in [0.25, 0.3) is 0 Å². The summed E-state index contributed by atoms with van der Waals surface area (Å²) < 4.78 is 10.9. The van der Waals surface area contributed by atoms with E-state index < -0.39 is 0 Å². The summed E-state index contributed by atoms with van der Waals surface area (Å²) in [5.74, 6) is 1.40. The van der Waals surface area contributed by atoms with Gasteiger partial charge in [-0.15, -0.1) is 0 Å². The van der Waals surface area contributed by atoms with Crippen molar-refractivity contribution >= 4 is 11.9 Å². The first-order valence-corrected chi connectivity index (χ1v) is 7.94. The maximum Gasteiger partial charge on any atom is 0.323 e. The molecule has 2 aliphatic heterocycles. The van der Waals surface area contributed by atoms with Crippen LogP contribution in [0.25, 0.3) is 0 Å². The van der Waals surface area contributed by atoms with Crippen molar-refractivity contribution in [2.24, 2.45) is 0 Å². The summed E-state index contributed by atoms with van der Waals surface area (Å²) in [4.78, 5) is 17.9. The van der Waals surface area contributed by atoms with Gasteiger partial charge in [0.1, 0.15) is 6.61 Å². The third-order valence-corrected chi connectivity index (χ3v) is 3.85. The van der Waals surface area contributed by atoms with E-state index in [1.807, 2.05) is 0 Å². The normalized spacial score (nSPS) is 19.1. The number of nitrogens with zero attached hydrogens (tertiary/aromatic N) is 5. The predicted molar refractivity (Wildman–Crippen MR) is 84.6 cm³/mol. The highest BCUT2D eigenvalue weighted by molar-refractivity contribution is 5.41. The van der Waals surface area contributed by atoms with Gasteiger partial charge < -0.3 is 19.3 Å². The summed E-state index contributed by atoms with van der Waals surface area (Å²) in [5, 5.41) is 0. The number of ether oxygens (including phenoxy) is 2. The molecule has 2 saturated heterocycles. The molecule has 0 amide bonds. The molecule has 1 aromatic rings. The standard InChI is InChI=1S/C15H23N5O2/c1-2-10-22-15-17-13(19-6-4-3-5-7-19)16-14(18-15)20-8-11-21-12-9-20/h2H,1,3-12H2. The molecule has 2 aliphatic rings. The van der Waals surface area contributed by atoms with E-state index in [2.05, 4.69) is 31.3 Å². The van der Waals surface area contributed by atoms with E-state index in [1.165, 1.54) is 19.3 Å². The lowest BCUT2D eigenvalue weighted by atomic mass is 10.1. The minimum Gasteiger partial charge on any atom is -0.459 e. The van der Waals surface area contributed by atoms with Crippen LogP contribution in [0.1, 0.15) is 19.3 Å². The van der Waals surface area contributed by atoms with Crippen LogP contribution in [0.5, 0.6) is 6.01 Å². The van der Waals surface area contributed by atoms with Crippen molar-refractivity contribution in [1.29, 1.82) is 0 Å². The molecule has 7 nitrogen and oxygen atoms in total. The van der Waals surface area contributed by atoms with Gasteiger partial charge in [-0.3, -0.25) is 0 Å². The summed E-state index contributed by atoms with van der Waals surface area (Å²) in [6, 6.07) is 0.372. The van der Waals surface area contributed by atoms with Crippen LogP contribution in [0.15, 0.2) is 12.7 Å². The van der Waals surface area contributed by atoms with E-state index in [1.54, 1.807) is 6.08 Å². The Balaban J connectivity index is 1.84. The summed E-state index contributed by atoms with van der Waals surface area (Å²) in [7, 11) is 0. The van der Waals surface area contributed by atoms with Gasteiger partial charge in [-0.25, -0.2) is 0 Å². The topological polar surface area (TPSA) is 63.6 Å². The van der Waals surface area contributed by atoms with E-state index in [0.717, 1.165) is 32.1 Å². The molecule has 1 aromatic heterocycles. The molecule has 22 heavy (non-hydrogen) atoms. The van der Waals surface area contributed by atoms with Crippen molar-refractivity contribution in [1.82, 2.24) is 15.0 Å². The summed E-state index contributed by atoms with van der Waals surface area (Å²) in [6.45, 7) is 9.04. The second-order valence-electron chi connectivity index (χ2n) is 5.46. The lowest BCUT2D eigenvalue weighted by Gasteiger charge is -2.30. The van der Waals surface area contributed by atoms with Crippen molar-refractivity contribution in [2.45, 2.75) is 19.3 Å². The van der Waals surface area contributed by atoms with E-state index in [4.69, 9.17) is 9.47 Å². The minimum atomic E-state index is 0.372. The van der Waals surface area contributed by atoms with Gasteiger partial charge in [-0.05, 0) is 19.3 Å². The van der Waals surface area contributed by atoms with E-state index in [0.29, 0.717) is 31.8 Å². The van der Waals surface area contributed by atoms with Gasteiger partial charge in [0.05, 0.1) is 13.2 Å². The predicted octanol–water partition coefficient (Wildman–Crippen LogP) is 1.26. The molecule has 0 aromatic carbocycles. The fourth-order valence-electron chi connectivity index (χ4n) is 2.67. The number of hydrogen-bond donors (Lipinski definition) is 0. The first-order valence-electron chi connectivity index (χ1n) is 7.94. The monoisotopic (exact) mass is 305 g/mol. The van der Waals surface area contributed by atoms with Crippen molar-refractivity contribution in [3.05, 3.63) is 12.7 Å². The molecule has 0 spiro atoms. The number of anilines is 2. The molecule has 0 unspecified atom stereocenters. The smallest absolute Gasteiger partial charge is 0.323 e. The molecule has 120 valence electrons. The number of piperidine rings is 1. The lowest BCUT2D eigenvalue weighted by Crippen LogP contribution is -2.38. The first-order chi connectivity index (χ1) is 10.9. The van der Waals surface area contributed by atoms with Crippen LogP contribution in [0.4, 0.5) is 11.9 Å². The highest BCUT2D eigenvalue weighted by atomic mass is 16.5. The SMILES string of the molecule is C=CCOc1nc(N2CCCCC2)nc(N2CCOCC2)n1. The van der Waals surface area contributed by atoms with Crippen LogP contribution in [0.2, 0.25) is 0 Å². The fraction of sp³-hybridized carbons (Fsp3) is 0.667. The Hall–Kier alpha value is -1.89. The zero-order valence-electron chi connectivity index (χ0n) is 12.9. The molecule has 3 rings (SSSR count). The Labute approximate surface area is 131 Å². The second-order valence-corrected chi connectivity index (χ2v) is 5.46. The fourth-order valence-corrected chi connectivity index (χ4v) is 2.67. The maximum atomic E-state index is 5.55. The van der Waals surface area contributed by atoms with Crippen LogP contribution < -0.4 is 14.5 Å². The molecule has 0 aliphatic carbocycles. The van der Waals surface area contributed by atoms with E-state index in [9.17, 15) is 0 Å². The summed E-state index contributed by atoms with van der Waals surface area (Å²) in [5.41, 5.74) is 0. The first kappa shape index (κ1) is 15.0. The Bertz CT molecular complexity index is 462. The van der Waals surface area contributed by atoms with Gasteiger partial charge in [-0.2, -0.15) is 15.0 Å². The Morgan fingerprint density at radius 1 is 0.955 bits per heavy atom. The van der Waals surface area contributed by atoms with Crippen LogP contribution in [-0.2, 0) is 4.74 Å². The zero-order chi connectivity index (χ0) is 15.2. The molecule has 0 bridgehead atoms. The molecule has 7 heteroatoms. The molecular formula is C15H23N5O2. The summed E-state index contributed by atoms with van der Waals surface area (Å²) >= 11 is 0. The largest absolute Gasteiger partial charge is 0.459 e. The number of morpholine rings is 1. The maximum absolute atomic E-state index is 5.55. The molecular weight excluding hydrogens is 282 g/mol. The number of aromatic nitrogens is 3.